The topological polar surface area (TPSA) is 41.1 Å². The third kappa shape index (κ3) is 4.87. The summed E-state index contributed by atoms with van der Waals surface area (Å²) in [5.41, 5.74) is 0.910. The van der Waals surface area contributed by atoms with Gasteiger partial charge in [-0.2, -0.15) is 0 Å². The maximum absolute atomic E-state index is 12.2. The minimum atomic E-state index is -0.166. The molecule has 0 spiro atoms. The zero-order valence-corrected chi connectivity index (χ0v) is 14.2. The van der Waals surface area contributed by atoms with Gasteiger partial charge in [-0.15, -0.1) is 12.4 Å². The highest BCUT2D eigenvalue weighted by Crippen LogP contribution is 2.29. The van der Waals surface area contributed by atoms with Gasteiger partial charge in [-0.3, -0.25) is 4.79 Å². The molecule has 2 rings (SSSR count). The average Bonchev–Trinajstić information content (AvgIpc) is 2.46. The van der Waals surface area contributed by atoms with Gasteiger partial charge in [-0.05, 0) is 37.6 Å². The van der Waals surface area contributed by atoms with Crippen molar-refractivity contribution < 1.29 is 4.79 Å². The van der Waals surface area contributed by atoms with Gasteiger partial charge in [0.15, 0.2) is 0 Å². The predicted molar refractivity (Wildman–Crippen MR) is 90.3 cm³/mol. The Hall–Kier alpha value is -0.770. The largest absolute Gasteiger partial charge is 0.355 e. The summed E-state index contributed by atoms with van der Waals surface area (Å²) in [6.45, 7) is 6.70. The van der Waals surface area contributed by atoms with Gasteiger partial charge in [0.05, 0.1) is 0 Å². The van der Waals surface area contributed by atoms with Crippen LogP contribution in [0.2, 0.25) is 5.02 Å². The normalized spacial score (nSPS) is 16.1. The van der Waals surface area contributed by atoms with Crippen LogP contribution in [0.25, 0.3) is 0 Å². The number of carbonyl (C=O) groups is 1. The van der Waals surface area contributed by atoms with Crippen LogP contribution in [0.5, 0.6) is 0 Å². The molecule has 1 aliphatic heterocycles. The molecule has 1 aromatic carbocycles. The van der Waals surface area contributed by atoms with Crippen molar-refractivity contribution >= 4 is 29.9 Å². The first-order valence-electron chi connectivity index (χ1n) is 7.24. The number of hydrogen-bond acceptors (Lipinski definition) is 2. The highest BCUT2D eigenvalue weighted by molar-refractivity contribution is 6.31. The highest BCUT2D eigenvalue weighted by Gasteiger charge is 2.26. The van der Waals surface area contributed by atoms with Crippen molar-refractivity contribution in [1.82, 2.24) is 10.6 Å². The number of nitrogens with one attached hydrogen (secondary N) is 2. The molecule has 1 heterocycles. The van der Waals surface area contributed by atoms with Crippen LogP contribution in [-0.4, -0.2) is 25.5 Å². The fourth-order valence-electron chi connectivity index (χ4n) is 2.64. The SMILES string of the molecule is CC(C)(CNC(=O)C1CCNCC1)c1ccccc1Cl.Cl. The summed E-state index contributed by atoms with van der Waals surface area (Å²) < 4.78 is 0. The molecular formula is C16H24Cl2N2O. The summed E-state index contributed by atoms with van der Waals surface area (Å²) in [6.07, 6.45) is 1.86. The molecule has 1 aromatic rings. The average molecular weight is 331 g/mol. The molecule has 0 atom stereocenters. The third-order valence-electron chi connectivity index (χ3n) is 4.02. The van der Waals surface area contributed by atoms with Crippen molar-refractivity contribution in [3.05, 3.63) is 34.9 Å². The number of benzene rings is 1. The monoisotopic (exact) mass is 330 g/mol. The first-order valence-corrected chi connectivity index (χ1v) is 7.62. The van der Waals surface area contributed by atoms with E-state index in [0.717, 1.165) is 36.5 Å². The number of rotatable bonds is 4. The van der Waals surface area contributed by atoms with E-state index in [0.29, 0.717) is 6.54 Å². The van der Waals surface area contributed by atoms with E-state index in [1.807, 2.05) is 24.3 Å². The molecule has 0 radical (unpaired) electrons. The van der Waals surface area contributed by atoms with Crippen LogP contribution < -0.4 is 10.6 Å². The second-order valence-corrected chi connectivity index (χ2v) is 6.51. The minimum absolute atomic E-state index is 0. The van der Waals surface area contributed by atoms with Crippen LogP contribution in [0.4, 0.5) is 0 Å². The van der Waals surface area contributed by atoms with Gasteiger partial charge in [-0.1, -0.05) is 43.6 Å². The Balaban J connectivity index is 0.00000220. The molecular weight excluding hydrogens is 307 g/mol. The van der Waals surface area contributed by atoms with Crippen molar-refractivity contribution in [2.75, 3.05) is 19.6 Å². The lowest BCUT2D eigenvalue weighted by molar-refractivity contribution is -0.125. The van der Waals surface area contributed by atoms with E-state index in [2.05, 4.69) is 24.5 Å². The number of amides is 1. The van der Waals surface area contributed by atoms with Crippen molar-refractivity contribution in [1.29, 1.82) is 0 Å². The molecule has 1 amide bonds. The third-order valence-corrected chi connectivity index (χ3v) is 4.35. The summed E-state index contributed by atoms with van der Waals surface area (Å²) >= 11 is 6.25. The molecule has 1 saturated heterocycles. The molecule has 1 aliphatic rings. The zero-order valence-electron chi connectivity index (χ0n) is 12.6. The molecule has 118 valence electrons. The molecule has 5 heteroatoms. The lowest BCUT2D eigenvalue weighted by Crippen LogP contribution is -2.42. The van der Waals surface area contributed by atoms with Crippen LogP contribution in [0, 0.1) is 5.92 Å². The van der Waals surface area contributed by atoms with Gasteiger partial charge in [-0.25, -0.2) is 0 Å². The van der Waals surface area contributed by atoms with Crippen molar-refractivity contribution in [2.24, 2.45) is 5.92 Å². The van der Waals surface area contributed by atoms with Crippen LogP contribution in [0.1, 0.15) is 32.3 Å². The molecule has 0 aromatic heterocycles. The molecule has 0 saturated carbocycles. The Kier molecular flexibility index (Phi) is 6.98. The number of halogens is 2. The van der Waals surface area contributed by atoms with Crippen LogP contribution >= 0.6 is 24.0 Å². The van der Waals surface area contributed by atoms with E-state index in [-0.39, 0.29) is 29.6 Å². The second-order valence-electron chi connectivity index (χ2n) is 6.11. The Morgan fingerprint density at radius 3 is 2.57 bits per heavy atom. The molecule has 3 nitrogen and oxygen atoms in total. The molecule has 0 aliphatic carbocycles. The van der Waals surface area contributed by atoms with Gasteiger partial charge >= 0.3 is 0 Å². The van der Waals surface area contributed by atoms with Crippen LogP contribution in [0.3, 0.4) is 0 Å². The summed E-state index contributed by atoms with van der Waals surface area (Å²) in [5.74, 6) is 0.324. The first-order chi connectivity index (χ1) is 9.50. The highest BCUT2D eigenvalue weighted by atomic mass is 35.5. The van der Waals surface area contributed by atoms with Gasteiger partial charge < -0.3 is 10.6 Å². The summed E-state index contributed by atoms with van der Waals surface area (Å²) in [6, 6.07) is 7.83. The summed E-state index contributed by atoms with van der Waals surface area (Å²) in [4.78, 5) is 12.2. The molecule has 1 fully saturated rings. The maximum atomic E-state index is 12.2. The van der Waals surface area contributed by atoms with Gasteiger partial charge in [0.1, 0.15) is 0 Å². The lowest BCUT2D eigenvalue weighted by atomic mass is 9.84. The quantitative estimate of drug-likeness (QED) is 0.890. The van der Waals surface area contributed by atoms with Crippen molar-refractivity contribution in [3.63, 3.8) is 0 Å². The second kappa shape index (κ2) is 8.02. The molecule has 0 bridgehead atoms. The van der Waals surface area contributed by atoms with Gasteiger partial charge in [0.2, 0.25) is 5.91 Å². The Morgan fingerprint density at radius 1 is 1.33 bits per heavy atom. The summed E-state index contributed by atoms with van der Waals surface area (Å²) in [5, 5.41) is 7.13. The van der Waals surface area contributed by atoms with Crippen molar-refractivity contribution in [3.8, 4) is 0 Å². The van der Waals surface area contributed by atoms with E-state index < -0.39 is 0 Å². The zero-order chi connectivity index (χ0) is 14.6. The minimum Gasteiger partial charge on any atom is -0.355 e. The lowest BCUT2D eigenvalue weighted by Gasteiger charge is -2.28. The number of carbonyl (C=O) groups excluding carboxylic acids is 1. The standard InChI is InChI=1S/C16H23ClN2O.ClH/c1-16(2,13-5-3-4-6-14(13)17)11-19-15(20)12-7-9-18-10-8-12;/h3-6,12,18H,7-11H2,1-2H3,(H,19,20);1H. The van der Waals surface area contributed by atoms with E-state index in [4.69, 9.17) is 11.6 Å². The molecule has 0 unspecified atom stereocenters. The maximum Gasteiger partial charge on any atom is 0.223 e. The number of piperidine rings is 1. The predicted octanol–water partition coefficient (Wildman–Crippen LogP) is 3.16. The molecule has 2 N–H and O–H groups in total. The Labute approximate surface area is 138 Å². The van der Waals surface area contributed by atoms with Crippen LogP contribution in [-0.2, 0) is 10.2 Å². The van der Waals surface area contributed by atoms with E-state index in [1.165, 1.54) is 0 Å². The van der Waals surface area contributed by atoms with E-state index in [9.17, 15) is 4.79 Å². The molecule has 21 heavy (non-hydrogen) atoms. The number of hydrogen-bond donors (Lipinski definition) is 2. The van der Waals surface area contributed by atoms with Gasteiger partial charge in [0.25, 0.3) is 0 Å². The smallest absolute Gasteiger partial charge is 0.223 e. The van der Waals surface area contributed by atoms with Gasteiger partial charge in [0, 0.05) is 22.9 Å². The fraction of sp³-hybridized carbons (Fsp3) is 0.562. The van der Waals surface area contributed by atoms with E-state index >= 15 is 0 Å². The Morgan fingerprint density at radius 2 is 1.95 bits per heavy atom. The first kappa shape index (κ1) is 18.3. The Bertz CT molecular complexity index is 471. The fourth-order valence-corrected chi connectivity index (χ4v) is 3.03. The van der Waals surface area contributed by atoms with Crippen LogP contribution in [0.15, 0.2) is 24.3 Å². The van der Waals surface area contributed by atoms with E-state index in [1.54, 1.807) is 0 Å². The van der Waals surface area contributed by atoms with Crippen molar-refractivity contribution in [2.45, 2.75) is 32.1 Å². The summed E-state index contributed by atoms with van der Waals surface area (Å²) in [7, 11) is 0.